The van der Waals surface area contributed by atoms with Gasteiger partial charge >= 0.3 is 0 Å². The smallest absolute Gasteiger partial charge is 0.272 e. The van der Waals surface area contributed by atoms with Crippen LogP contribution in [0.2, 0.25) is 0 Å². The molecule has 1 aliphatic heterocycles. The fourth-order valence-electron chi connectivity index (χ4n) is 1.96. The second kappa shape index (κ2) is 3.38. The van der Waals surface area contributed by atoms with E-state index in [1.165, 1.54) is 0 Å². The van der Waals surface area contributed by atoms with Crippen molar-refractivity contribution in [3.8, 4) is 0 Å². The van der Waals surface area contributed by atoms with Gasteiger partial charge in [-0.2, -0.15) is 0 Å². The van der Waals surface area contributed by atoms with Crippen LogP contribution in [-0.4, -0.2) is 11.5 Å². The molecule has 0 aromatic heterocycles. The Bertz CT molecular complexity index is 376. The third kappa shape index (κ3) is 1.37. The molecule has 1 heterocycles. The predicted molar refractivity (Wildman–Crippen MR) is 53.2 cm³/mol. The van der Waals surface area contributed by atoms with Crippen molar-refractivity contribution >= 4 is 5.69 Å². The lowest BCUT2D eigenvalue weighted by Crippen LogP contribution is -2.28. The zero-order chi connectivity index (χ0) is 10.1. The maximum atomic E-state index is 10.8. The van der Waals surface area contributed by atoms with Gasteiger partial charge in [0.25, 0.3) is 5.69 Å². The fraction of sp³-hybridized carbons (Fsp3) is 0.400. The molecule has 0 bridgehead atoms. The normalized spacial score (nSPS) is 20.2. The molecule has 1 aliphatic rings. The van der Waals surface area contributed by atoms with E-state index in [2.05, 4.69) is 5.32 Å². The first-order chi connectivity index (χ1) is 6.70. The van der Waals surface area contributed by atoms with Crippen LogP contribution in [0.1, 0.15) is 24.1 Å². The fourth-order valence-corrected chi connectivity index (χ4v) is 1.96. The summed E-state index contributed by atoms with van der Waals surface area (Å²) in [4.78, 5) is 10.5. The molecule has 1 aromatic rings. The topological polar surface area (TPSA) is 55.2 Å². The predicted octanol–water partition coefficient (Wildman–Crippen LogP) is 1.80. The number of hydrogen-bond acceptors (Lipinski definition) is 3. The van der Waals surface area contributed by atoms with Crippen LogP contribution in [-0.2, 0) is 6.42 Å². The average molecular weight is 192 g/mol. The summed E-state index contributed by atoms with van der Waals surface area (Å²) in [6.07, 6.45) is 0.747. The van der Waals surface area contributed by atoms with E-state index in [-0.39, 0.29) is 16.7 Å². The lowest BCUT2D eigenvalue weighted by molar-refractivity contribution is -0.385. The molecule has 0 fully saturated rings. The summed E-state index contributed by atoms with van der Waals surface area (Å²) >= 11 is 0. The summed E-state index contributed by atoms with van der Waals surface area (Å²) in [6, 6.07) is 5.51. The largest absolute Gasteiger partial charge is 0.310 e. The zero-order valence-corrected chi connectivity index (χ0v) is 7.99. The van der Waals surface area contributed by atoms with E-state index in [1.54, 1.807) is 12.1 Å². The van der Waals surface area contributed by atoms with Crippen LogP contribution in [0.15, 0.2) is 18.2 Å². The van der Waals surface area contributed by atoms with E-state index in [9.17, 15) is 10.1 Å². The second-order valence-electron chi connectivity index (χ2n) is 3.53. The van der Waals surface area contributed by atoms with E-state index in [0.717, 1.165) is 24.1 Å². The van der Waals surface area contributed by atoms with E-state index in [0.29, 0.717) is 0 Å². The van der Waals surface area contributed by atoms with E-state index in [1.807, 2.05) is 13.0 Å². The van der Waals surface area contributed by atoms with Gasteiger partial charge in [0, 0.05) is 24.2 Å². The number of nitro groups is 1. The number of nitro benzene ring substituents is 1. The van der Waals surface area contributed by atoms with Gasteiger partial charge in [0.05, 0.1) is 4.92 Å². The number of benzene rings is 1. The maximum Gasteiger partial charge on any atom is 0.272 e. The minimum atomic E-state index is -0.295. The molecule has 1 atom stereocenters. The van der Waals surface area contributed by atoms with Crippen LogP contribution in [0.3, 0.4) is 0 Å². The highest BCUT2D eigenvalue weighted by atomic mass is 16.6. The molecular weight excluding hydrogens is 180 g/mol. The van der Waals surface area contributed by atoms with Crippen molar-refractivity contribution in [1.29, 1.82) is 0 Å². The summed E-state index contributed by atoms with van der Waals surface area (Å²) < 4.78 is 0. The highest BCUT2D eigenvalue weighted by Crippen LogP contribution is 2.29. The highest BCUT2D eigenvalue weighted by molar-refractivity contribution is 5.48. The van der Waals surface area contributed by atoms with Gasteiger partial charge in [-0.25, -0.2) is 0 Å². The van der Waals surface area contributed by atoms with E-state index >= 15 is 0 Å². The van der Waals surface area contributed by atoms with E-state index in [4.69, 9.17) is 0 Å². The number of rotatable bonds is 1. The van der Waals surface area contributed by atoms with Gasteiger partial charge in [-0.1, -0.05) is 12.1 Å². The minimum absolute atomic E-state index is 0.221. The quantitative estimate of drug-likeness (QED) is 0.545. The molecule has 0 aliphatic carbocycles. The first kappa shape index (κ1) is 9.15. The van der Waals surface area contributed by atoms with Crippen molar-refractivity contribution in [2.24, 2.45) is 0 Å². The number of fused-ring (bicyclic) bond motifs is 1. The van der Waals surface area contributed by atoms with Crippen LogP contribution >= 0.6 is 0 Å². The van der Waals surface area contributed by atoms with Crippen molar-refractivity contribution in [2.75, 3.05) is 6.54 Å². The summed E-state index contributed by atoms with van der Waals surface area (Å²) in [6.45, 7) is 2.85. The average Bonchev–Trinajstić information content (AvgIpc) is 2.17. The van der Waals surface area contributed by atoms with Crippen LogP contribution in [0.25, 0.3) is 0 Å². The Morgan fingerprint density at radius 3 is 3.07 bits per heavy atom. The van der Waals surface area contributed by atoms with Gasteiger partial charge in [0.2, 0.25) is 0 Å². The van der Waals surface area contributed by atoms with Crippen molar-refractivity contribution in [2.45, 2.75) is 19.4 Å². The molecule has 1 aromatic carbocycles. The Labute approximate surface area is 82.1 Å². The Morgan fingerprint density at radius 1 is 1.57 bits per heavy atom. The van der Waals surface area contributed by atoms with Crippen molar-refractivity contribution in [3.05, 3.63) is 39.4 Å². The van der Waals surface area contributed by atoms with Crippen LogP contribution in [0.5, 0.6) is 0 Å². The van der Waals surface area contributed by atoms with Gasteiger partial charge in [0.15, 0.2) is 0 Å². The molecule has 14 heavy (non-hydrogen) atoms. The molecule has 2 rings (SSSR count). The molecule has 74 valence electrons. The van der Waals surface area contributed by atoms with Crippen molar-refractivity contribution < 1.29 is 4.92 Å². The Balaban J connectivity index is 2.55. The molecular formula is C10H12N2O2. The van der Waals surface area contributed by atoms with E-state index < -0.39 is 0 Å². The monoisotopic (exact) mass is 192 g/mol. The molecule has 0 saturated carbocycles. The summed E-state index contributed by atoms with van der Waals surface area (Å²) in [7, 11) is 0. The minimum Gasteiger partial charge on any atom is -0.310 e. The number of nitrogens with zero attached hydrogens (tertiary/aromatic N) is 1. The Kier molecular flexibility index (Phi) is 2.21. The highest BCUT2D eigenvalue weighted by Gasteiger charge is 2.23. The molecule has 0 amide bonds. The Morgan fingerprint density at radius 2 is 2.36 bits per heavy atom. The molecule has 0 unspecified atom stereocenters. The second-order valence-corrected chi connectivity index (χ2v) is 3.53. The van der Waals surface area contributed by atoms with Gasteiger partial charge in [-0.05, 0) is 18.9 Å². The van der Waals surface area contributed by atoms with Gasteiger partial charge < -0.3 is 5.32 Å². The standard InChI is InChI=1S/C10H12N2O2/c1-7-8-3-2-4-10(12(13)14)9(8)5-6-11-7/h2-4,7,11H,5-6H2,1H3/t7-/m0/s1. The number of nitrogens with one attached hydrogen (secondary N) is 1. The molecule has 1 N–H and O–H groups in total. The van der Waals surface area contributed by atoms with Gasteiger partial charge in [-0.15, -0.1) is 0 Å². The maximum absolute atomic E-state index is 10.8. The van der Waals surface area contributed by atoms with Gasteiger partial charge in [0.1, 0.15) is 0 Å². The lowest BCUT2D eigenvalue weighted by atomic mass is 9.94. The zero-order valence-electron chi connectivity index (χ0n) is 7.99. The lowest BCUT2D eigenvalue weighted by Gasteiger charge is -2.23. The third-order valence-electron chi connectivity index (χ3n) is 2.68. The molecule has 0 radical (unpaired) electrons. The summed E-state index contributed by atoms with van der Waals surface area (Å²) in [5.74, 6) is 0. The van der Waals surface area contributed by atoms with Crippen LogP contribution < -0.4 is 5.32 Å². The SMILES string of the molecule is C[C@@H]1NCCc2c1cccc2[N+](=O)[O-]. The molecule has 4 nitrogen and oxygen atoms in total. The Hall–Kier alpha value is -1.42. The first-order valence-corrected chi connectivity index (χ1v) is 4.69. The summed E-state index contributed by atoms with van der Waals surface area (Å²) in [5.41, 5.74) is 2.21. The summed E-state index contributed by atoms with van der Waals surface area (Å²) in [5, 5.41) is 14.0. The number of hydrogen-bond donors (Lipinski definition) is 1. The third-order valence-corrected chi connectivity index (χ3v) is 2.68. The van der Waals surface area contributed by atoms with Crippen LogP contribution in [0.4, 0.5) is 5.69 Å². The molecule has 4 heteroatoms. The first-order valence-electron chi connectivity index (χ1n) is 4.69. The van der Waals surface area contributed by atoms with Gasteiger partial charge in [-0.3, -0.25) is 10.1 Å². The van der Waals surface area contributed by atoms with Crippen molar-refractivity contribution in [3.63, 3.8) is 0 Å². The molecule has 0 saturated heterocycles. The van der Waals surface area contributed by atoms with Crippen molar-refractivity contribution in [1.82, 2.24) is 5.32 Å². The van der Waals surface area contributed by atoms with Crippen LogP contribution in [0, 0.1) is 10.1 Å². The molecule has 0 spiro atoms.